The highest BCUT2D eigenvalue weighted by Crippen LogP contribution is 2.27. The van der Waals surface area contributed by atoms with E-state index in [9.17, 15) is 20.0 Å². The Labute approximate surface area is 116 Å². The number of nitrogens with zero attached hydrogens (tertiary/aromatic N) is 1. The topological polar surface area (TPSA) is 104 Å². The Morgan fingerprint density at radius 2 is 2.00 bits per heavy atom. The first-order chi connectivity index (χ1) is 9.56. The van der Waals surface area contributed by atoms with E-state index >= 15 is 0 Å². The van der Waals surface area contributed by atoms with Crippen LogP contribution >= 0.6 is 0 Å². The van der Waals surface area contributed by atoms with Crippen molar-refractivity contribution in [1.82, 2.24) is 5.32 Å². The van der Waals surface area contributed by atoms with Crippen molar-refractivity contribution in [1.29, 1.82) is 0 Å². The summed E-state index contributed by atoms with van der Waals surface area (Å²) in [6.07, 6.45) is 5.24. The van der Waals surface area contributed by atoms with E-state index in [1.54, 1.807) is 0 Å². The van der Waals surface area contributed by atoms with Crippen LogP contribution in [0, 0.1) is 10.1 Å². The van der Waals surface area contributed by atoms with E-state index < -0.39 is 11.0 Å². The van der Waals surface area contributed by atoms with E-state index in [1.807, 2.05) is 0 Å². The van der Waals surface area contributed by atoms with Crippen LogP contribution in [0.4, 0.5) is 16.2 Å². The fraction of sp³-hybridized carbons (Fsp3) is 0.462. The van der Waals surface area contributed by atoms with Crippen LogP contribution in [0.2, 0.25) is 0 Å². The second-order valence-corrected chi connectivity index (χ2v) is 4.89. The minimum Gasteiger partial charge on any atom is -0.506 e. The molecule has 1 saturated carbocycles. The van der Waals surface area contributed by atoms with Gasteiger partial charge in [0.2, 0.25) is 0 Å². The number of phenols is 1. The van der Waals surface area contributed by atoms with Crippen molar-refractivity contribution in [2.45, 2.75) is 38.1 Å². The SMILES string of the molecule is O=C(Nc1cc([N+](=O)[O-])ccc1O)NC1CCCCC1. The average Bonchev–Trinajstić information content (AvgIpc) is 2.42. The summed E-state index contributed by atoms with van der Waals surface area (Å²) in [5.41, 5.74) is -0.150. The van der Waals surface area contributed by atoms with E-state index in [-0.39, 0.29) is 23.2 Å². The number of nitro benzene ring substituents is 1. The largest absolute Gasteiger partial charge is 0.506 e. The number of amides is 2. The van der Waals surface area contributed by atoms with Crippen LogP contribution in [0.15, 0.2) is 18.2 Å². The maximum atomic E-state index is 11.8. The minimum absolute atomic E-state index is 0.0347. The lowest BCUT2D eigenvalue weighted by atomic mass is 9.96. The Bertz CT molecular complexity index is 512. The van der Waals surface area contributed by atoms with Crippen molar-refractivity contribution < 1.29 is 14.8 Å². The molecule has 1 aromatic rings. The van der Waals surface area contributed by atoms with Crippen molar-refractivity contribution in [2.75, 3.05) is 5.32 Å². The van der Waals surface area contributed by atoms with Gasteiger partial charge in [0.15, 0.2) is 0 Å². The smallest absolute Gasteiger partial charge is 0.319 e. The molecular formula is C13H17N3O4. The third-order valence-electron chi connectivity index (χ3n) is 3.38. The zero-order valence-corrected chi connectivity index (χ0v) is 11.0. The number of anilines is 1. The monoisotopic (exact) mass is 279 g/mol. The standard InChI is InChI=1S/C13H17N3O4/c17-12-7-6-10(16(19)20)8-11(12)15-13(18)14-9-4-2-1-3-5-9/h6-9,17H,1-5H2,(H2,14,15,18). The molecule has 7 heteroatoms. The van der Waals surface area contributed by atoms with Gasteiger partial charge in [0, 0.05) is 18.2 Å². The van der Waals surface area contributed by atoms with Crippen molar-refractivity contribution in [3.8, 4) is 5.75 Å². The predicted molar refractivity (Wildman–Crippen MR) is 73.8 cm³/mol. The third-order valence-corrected chi connectivity index (χ3v) is 3.38. The molecule has 1 fully saturated rings. The fourth-order valence-electron chi connectivity index (χ4n) is 2.33. The molecule has 108 valence electrons. The van der Waals surface area contributed by atoms with Gasteiger partial charge in [0.05, 0.1) is 10.6 Å². The summed E-state index contributed by atoms with van der Waals surface area (Å²) in [5.74, 6) is -0.200. The van der Waals surface area contributed by atoms with E-state index in [4.69, 9.17) is 0 Å². The van der Waals surface area contributed by atoms with Crippen LogP contribution in [0.25, 0.3) is 0 Å². The average molecular weight is 279 g/mol. The molecule has 2 rings (SSSR count). The number of hydrogen-bond acceptors (Lipinski definition) is 4. The first-order valence-corrected chi connectivity index (χ1v) is 6.61. The van der Waals surface area contributed by atoms with Gasteiger partial charge in [-0.2, -0.15) is 0 Å². The zero-order chi connectivity index (χ0) is 14.5. The fourth-order valence-corrected chi connectivity index (χ4v) is 2.33. The predicted octanol–water partition coefficient (Wildman–Crippen LogP) is 2.75. The Balaban J connectivity index is 1.99. The van der Waals surface area contributed by atoms with E-state index in [2.05, 4.69) is 10.6 Å². The van der Waals surface area contributed by atoms with Crippen molar-refractivity contribution in [3.05, 3.63) is 28.3 Å². The van der Waals surface area contributed by atoms with Gasteiger partial charge >= 0.3 is 6.03 Å². The number of non-ortho nitro benzene ring substituents is 1. The first-order valence-electron chi connectivity index (χ1n) is 6.61. The lowest BCUT2D eigenvalue weighted by molar-refractivity contribution is -0.384. The molecule has 2 amide bonds. The third kappa shape index (κ3) is 3.59. The number of urea groups is 1. The summed E-state index contributed by atoms with van der Waals surface area (Å²) in [6, 6.07) is 3.18. The van der Waals surface area contributed by atoms with Crippen LogP contribution in [0.3, 0.4) is 0 Å². The molecule has 0 heterocycles. The number of carbonyl (C=O) groups excluding carboxylic acids is 1. The summed E-state index contributed by atoms with van der Waals surface area (Å²) in [6.45, 7) is 0. The number of nitrogens with one attached hydrogen (secondary N) is 2. The van der Waals surface area contributed by atoms with Crippen molar-refractivity contribution in [3.63, 3.8) is 0 Å². The Morgan fingerprint density at radius 1 is 1.30 bits per heavy atom. The second kappa shape index (κ2) is 6.23. The molecule has 0 radical (unpaired) electrons. The second-order valence-electron chi connectivity index (χ2n) is 4.89. The lowest BCUT2D eigenvalue weighted by Crippen LogP contribution is -2.39. The van der Waals surface area contributed by atoms with Crippen LogP contribution in [-0.4, -0.2) is 22.1 Å². The molecule has 0 aromatic heterocycles. The van der Waals surface area contributed by atoms with E-state index in [0.29, 0.717) is 0 Å². The summed E-state index contributed by atoms with van der Waals surface area (Å²) < 4.78 is 0. The highest BCUT2D eigenvalue weighted by molar-refractivity contribution is 5.91. The molecule has 1 aromatic carbocycles. The highest BCUT2D eigenvalue weighted by Gasteiger charge is 2.17. The Kier molecular flexibility index (Phi) is 4.39. The molecule has 0 bridgehead atoms. The summed E-state index contributed by atoms with van der Waals surface area (Å²) in [4.78, 5) is 21.9. The van der Waals surface area contributed by atoms with Crippen molar-refractivity contribution >= 4 is 17.4 Å². The quantitative estimate of drug-likeness (QED) is 0.449. The molecular weight excluding hydrogens is 262 g/mol. The molecule has 0 unspecified atom stereocenters. The lowest BCUT2D eigenvalue weighted by Gasteiger charge is -2.22. The van der Waals surface area contributed by atoms with Crippen LogP contribution in [0.1, 0.15) is 32.1 Å². The van der Waals surface area contributed by atoms with Gasteiger partial charge in [0.1, 0.15) is 5.75 Å². The molecule has 0 aliphatic heterocycles. The number of carbonyl (C=O) groups is 1. The van der Waals surface area contributed by atoms with Gasteiger partial charge in [-0.15, -0.1) is 0 Å². The molecule has 20 heavy (non-hydrogen) atoms. The number of benzene rings is 1. The molecule has 3 N–H and O–H groups in total. The number of aromatic hydroxyl groups is 1. The van der Waals surface area contributed by atoms with Gasteiger partial charge < -0.3 is 15.7 Å². The van der Waals surface area contributed by atoms with Crippen molar-refractivity contribution in [2.24, 2.45) is 0 Å². The summed E-state index contributed by atoms with van der Waals surface area (Å²) >= 11 is 0. The van der Waals surface area contributed by atoms with Crippen LogP contribution < -0.4 is 10.6 Å². The maximum absolute atomic E-state index is 11.8. The van der Waals surface area contributed by atoms with Gasteiger partial charge in [-0.3, -0.25) is 10.1 Å². The van der Waals surface area contributed by atoms with Gasteiger partial charge in [0.25, 0.3) is 5.69 Å². The Hall–Kier alpha value is -2.31. The number of hydrogen-bond donors (Lipinski definition) is 3. The summed E-state index contributed by atoms with van der Waals surface area (Å²) in [7, 11) is 0. The van der Waals surface area contributed by atoms with Gasteiger partial charge in [-0.1, -0.05) is 19.3 Å². The van der Waals surface area contributed by atoms with Gasteiger partial charge in [-0.05, 0) is 18.9 Å². The minimum atomic E-state index is -0.580. The molecule has 0 atom stereocenters. The normalized spacial score (nSPS) is 15.6. The molecule has 0 saturated heterocycles. The zero-order valence-electron chi connectivity index (χ0n) is 11.0. The van der Waals surface area contributed by atoms with E-state index in [0.717, 1.165) is 31.7 Å². The Morgan fingerprint density at radius 3 is 2.65 bits per heavy atom. The number of phenolic OH excluding ortho intramolecular Hbond substituents is 1. The first kappa shape index (κ1) is 14.1. The van der Waals surface area contributed by atoms with Crippen LogP contribution in [0.5, 0.6) is 5.75 Å². The summed E-state index contributed by atoms with van der Waals surface area (Å²) in [5, 5.41) is 25.5. The van der Waals surface area contributed by atoms with Gasteiger partial charge in [-0.25, -0.2) is 4.79 Å². The molecule has 0 spiro atoms. The maximum Gasteiger partial charge on any atom is 0.319 e. The highest BCUT2D eigenvalue weighted by atomic mass is 16.6. The molecule has 7 nitrogen and oxygen atoms in total. The number of rotatable bonds is 3. The van der Waals surface area contributed by atoms with Crippen LogP contribution in [-0.2, 0) is 0 Å². The van der Waals surface area contributed by atoms with E-state index in [1.165, 1.54) is 18.6 Å². The number of nitro groups is 1. The molecule has 1 aliphatic rings. The molecule has 1 aliphatic carbocycles.